The highest BCUT2D eigenvalue weighted by Gasteiger charge is 2.10. The zero-order chi connectivity index (χ0) is 14.8. The quantitative estimate of drug-likeness (QED) is 0.682. The normalized spacial score (nSPS) is 10.9. The predicted octanol–water partition coefficient (Wildman–Crippen LogP) is 5.08. The number of fused-ring (bicyclic) bond motifs is 1. The summed E-state index contributed by atoms with van der Waals surface area (Å²) in [6, 6.07) is 14.9. The summed E-state index contributed by atoms with van der Waals surface area (Å²) in [4.78, 5) is 11.9. The molecule has 0 saturated carbocycles. The van der Waals surface area contributed by atoms with Crippen molar-refractivity contribution in [2.24, 2.45) is 0 Å². The topological polar surface area (TPSA) is 50.4 Å². The molecule has 0 fully saturated rings. The summed E-state index contributed by atoms with van der Waals surface area (Å²) in [5, 5.41) is 10.5. The fraction of sp³-hybridized carbons (Fsp3) is 0.0625. The lowest BCUT2D eigenvalue weighted by atomic mass is 10.2. The van der Waals surface area contributed by atoms with E-state index in [0.29, 0.717) is 5.58 Å². The van der Waals surface area contributed by atoms with Crippen LogP contribution in [0.3, 0.4) is 0 Å². The fourth-order valence-corrected chi connectivity index (χ4v) is 3.19. The molecule has 0 spiro atoms. The van der Waals surface area contributed by atoms with E-state index in [9.17, 15) is 4.79 Å². The van der Waals surface area contributed by atoms with E-state index in [1.54, 1.807) is 23.9 Å². The lowest BCUT2D eigenvalue weighted by Crippen LogP contribution is -1.91. The Morgan fingerprint density at radius 3 is 2.76 bits per heavy atom. The van der Waals surface area contributed by atoms with Crippen LogP contribution in [0, 0.1) is 0 Å². The summed E-state index contributed by atoms with van der Waals surface area (Å²) in [5.41, 5.74) is 1.67. The van der Waals surface area contributed by atoms with Gasteiger partial charge in [0.25, 0.3) is 0 Å². The van der Waals surface area contributed by atoms with E-state index in [2.05, 4.69) is 0 Å². The number of aromatic carboxylic acids is 1. The number of thioether (sulfide) groups is 1. The summed E-state index contributed by atoms with van der Waals surface area (Å²) < 4.78 is 5.24. The molecule has 1 aromatic heterocycles. The SMILES string of the molecule is O=C(O)c1cc2cc(CSc3ccccc3Cl)ccc2o1. The summed E-state index contributed by atoms with van der Waals surface area (Å²) in [6.45, 7) is 0. The molecule has 0 aliphatic rings. The van der Waals surface area contributed by atoms with Gasteiger partial charge in [-0.3, -0.25) is 0 Å². The Kier molecular flexibility index (Phi) is 3.90. The molecular weight excluding hydrogens is 308 g/mol. The number of carboxylic acid groups (broad SMARTS) is 1. The lowest BCUT2D eigenvalue weighted by molar-refractivity contribution is 0.0665. The van der Waals surface area contributed by atoms with Crippen LogP contribution in [-0.4, -0.2) is 11.1 Å². The van der Waals surface area contributed by atoms with E-state index >= 15 is 0 Å². The molecule has 1 heterocycles. The zero-order valence-corrected chi connectivity index (χ0v) is 12.4. The largest absolute Gasteiger partial charge is 0.475 e. The van der Waals surface area contributed by atoms with Crippen LogP contribution < -0.4 is 0 Å². The number of hydrogen-bond acceptors (Lipinski definition) is 3. The molecule has 0 radical (unpaired) electrons. The average Bonchev–Trinajstić information content (AvgIpc) is 2.90. The highest BCUT2D eigenvalue weighted by molar-refractivity contribution is 7.98. The van der Waals surface area contributed by atoms with Crippen LogP contribution in [0.25, 0.3) is 11.0 Å². The Labute approximate surface area is 130 Å². The molecule has 0 aliphatic carbocycles. The van der Waals surface area contributed by atoms with Crippen LogP contribution in [0.4, 0.5) is 0 Å². The lowest BCUT2D eigenvalue weighted by Gasteiger charge is -2.04. The molecule has 21 heavy (non-hydrogen) atoms. The number of benzene rings is 2. The maximum Gasteiger partial charge on any atom is 0.371 e. The second-order valence-electron chi connectivity index (χ2n) is 4.51. The first-order valence-electron chi connectivity index (χ1n) is 6.26. The van der Waals surface area contributed by atoms with Gasteiger partial charge in [0.1, 0.15) is 5.58 Å². The minimum absolute atomic E-state index is 0.0408. The zero-order valence-electron chi connectivity index (χ0n) is 10.9. The molecule has 3 nitrogen and oxygen atoms in total. The number of furan rings is 1. The van der Waals surface area contributed by atoms with Gasteiger partial charge in [-0.15, -0.1) is 11.8 Å². The molecule has 1 N–H and O–H groups in total. The van der Waals surface area contributed by atoms with Crippen molar-refractivity contribution in [3.8, 4) is 0 Å². The number of hydrogen-bond donors (Lipinski definition) is 1. The highest BCUT2D eigenvalue weighted by atomic mass is 35.5. The van der Waals surface area contributed by atoms with Gasteiger partial charge in [0.2, 0.25) is 5.76 Å². The number of halogens is 1. The molecule has 0 atom stereocenters. The van der Waals surface area contributed by atoms with Crippen molar-refractivity contribution in [3.05, 3.63) is 64.9 Å². The Balaban J connectivity index is 1.81. The summed E-state index contributed by atoms with van der Waals surface area (Å²) in [6.07, 6.45) is 0. The summed E-state index contributed by atoms with van der Waals surface area (Å²) in [7, 11) is 0. The van der Waals surface area contributed by atoms with E-state index in [-0.39, 0.29) is 5.76 Å². The predicted molar refractivity (Wildman–Crippen MR) is 84.2 cm³/mol. The molecule has 5 heteroatoms. The smallest absolute Gasteiger partial charge is 0.371 e. The Hall–Kier alpha value is -1.91. The van der Waals surface area contributed by atoms with E-state index in [0.717, 1.165) is 26.6 Å². The minimum atomic E-state index is -1.06. The van der Waals surface area contributed by atoms with E-state index < -0.39 is 5.97 Å². The van der Waals surface area contributed by atoms with E-state index in [1.807, 2.05) is 36.4 Å². The molecule has 3 aromatic rings. The van der Waals surface area contributed by atoms with Gasteiger partial charge in [0.05, 0.1) is 5.02 Å². The molecule has 0 bridgehead atoms. The molecule has 0 amide bonds. The van der Waals surface area contributed by atoms with Crippen LogP contribution in [0.1, 0.15) is 16.1 Å². The van der Waals surface area contributed by atoms with Gasteiger partial charge in [-0.25, -0.2) is 4.79 Å². The van der Waals surface area contributed by atoms with Crippen molar-refractivity contribution in [2.45, 2.75) is 10.6 Å². The molecule has 3 rings (SSSR count). The summed E-state index contributed by atoms with van der Waals surface area (Å²) >= 11 is 7.77. The molecule has 0 aliphatic heterocycles. The van der Waals surface area contributed by atoms with Gasteiger partial charge in [-0.1, -0.05) is 29.8 Å². The van der Waals surface area contributed by atoms with Gasteiger partial charge in [-0.05, 0) is 35.9 Å². The first-order valence-corrected chi connectivity index (χ1v) is 7.63. The van der Waals surface area contributed by atoms with Crippen LogP contribution in [0.5, 0.6) is 0 Å². The standard InChI is InChI=1S/C16H11ClO3S/c17-12-3-1-2-4-15(12)21-9-10-5-6-13-11(7-10)8-14(20-13)16(18)19/h1-8H,9H2,(H,18,19). The maximum atomic E-state index is 10.9. The Bertz CT molecular complexity index is 810. The third-order valence-corrected chi connectivity index (χ3v) is 4.61. The van der Waals surface area contributed by atoms with Gasteiger partial charge in [0, 0.05) is 16.0 Å². The summed E-state index contributed by atoms with van der Waals surface area (Å²) in [5.74, 6) is -0.341. The van der Waals surface area contributed by atoms with Crippen molar-refractivity contribution < 1.29 is 14.3 Å². The molecule has 2 aromatic carbocycles. The maximum absolute atomic E-state index is 10.9. The number of rotatable bonds is 4. The van der Waals surface area contributed by atoms with Crippen molar-refractivity contribution in [1.29, 1.82) is 0 Å². The molecule has 0 saturated heterocycles. The molecular formula is C16H11ClO3S. The number of carbonyl (C=O) groups is 1. The number of carboxylic acids is 1. The van der Waals surface area contributed by atoms with Gasteiger partial charge in [-0.2, -0.15) is 0 Å². The first kappa shape index (κ1) is 14.0. The van der Waals surface area contributed by atoms with Gasteiger partial charge >= 0.3 is 5.97 Å². The molecule has 106 valence electrons. The van der Waals surface area contributed by atoms with Crippen LogP contribution in [0.15, 0.2) is 57.8 Å². The average molecular weight is 319 g/mol. The Morgan fingerprint density at radius 2 is 2.00 bits per heavy atom. The van der Waals surface area contributed by atoms with Crippen molar-refractivity contribution in [3.63, 3.8) is 0 Å². The van der Waals surface area contributed by atoms with Crippen molar-refractivity contribution in [2.75, 3.05) is 0 Å². The highest BCUT2D eigenvalue weighted by Crippen LogP contribution is 2.30. The Morgan fingerprint density at radius 1 is 1.19 bits per heavy atom. The first-order chi connectivity index (χ1) is 10.1. The second kappa shape index (κ2) is 5.84. The third-order valence-electron chi connectivity index (χ3n) is 3.02. The fourth-order valence-electron chi connectivity index (χ4n) is 2.01. The van der Waals surface area contributed by atoms with Crippen molar-refractivity contribution >= 4 is 40.3 Å². The van der Waals surface area contributed by atoms with Crippen LogP contribution in [0.2, 0.25) is 5.02 Å². The van der Waals surface area contributed by atoms with Gasteiger partial charge < -0.3 is 9.52 Å². The van der Waals surface area contributed by atoms with Gasteiger partial charge in [0.15, 0.2) is 0 Å². The minimum Gasteiger partial charge on any atom is -0.475 e. The van der Waals surface area contributed by atoms with E-state index in [4.69, 9.17) is 21.1 Å². The monoisotopic (exact) mass is 318 g/mol. The van der Waals surface area contributed by atoms with Crippen LogP contribution in [-0.2, 0) is 5.75 Å². The molecule has 0 unspecified atom stereocenters. The second-order valence-corrected chi connectivity index (χ2v) is 5.93. The van der Waals surface area contributed by atoms with Crippen molar-refractivity contribution in [1.82, 2.24) is 0 Å². The third kappa shape index (κ3) is 3.06. The van der Waals surface area contributed by atoms with E-state index in [1.165, 1.54) is 0 Å². The van der Waals surface area contributed by atoms with Crippen LogP contribution >= 0.6 is 23.4 Å².